The molecule has 118 heavy (non-hydrogen) atoms. The number of hydrogen-bond acceptors (Lipinski definition) is 19. The molecule has 12 fully saturated rings. The SMILES string of the molecule is COc1c(N2CC3CCCN(CCC(=O)[C@@]4(O)[C@H](C)C[C@H]5[C@@H]6CCC7=CC(=O)C=C[C@]7(C)[C@@]6(F)[C@@H](O)C[C@@]54C)C3C2)c(F)c(C)c2c(=O)c(C(=O)O)c(C)n(C3CC3)c12.COc1c(N2CC3CCCNC3C2)c(F)c(C)c2c(=O)c(C(=O)O)c(C)n(C3CC3)c12.C[C@@H]1C[C@H]2[C@@H]3CCC4=CC(=O)C=C[C@]4(C)[C@@]3(F)[C@@H](O)C[C@]2(C)[C@@]1(O)C(=O)CO. The minimum Gasteiger partial charge on any atom is -0.492 e. The summed E-state index contributed by atoms with van der Waals surface area (Å²) in [6, 6.07) is 0.355. The number of piperidine rings is 2. The number of ketones is 4. The van der Waals surface area contributed by atoms with E-state index in [9.17, 15) is 74.1 Å². The molecular formula is C91H114F4N6O17. The van der Waals surface area contributed by atoms with Crippen molar-refractivity contribution in [2.75, 3.05) is 76.4 Å². The molecule has 0 radical (unpaired) electrons. The van der Waals surface area contributed by atoms with Gasteiger partial charge in [-0.25, -0.2) is 27.2 Å². The molecule has 638 valence electrons. The average molecular weight is 1640 g/mol. The van der Waals surface area contributed by atoms with Crippen molar-refractivity contribution < 1.29 is 91.5 Å². The summed E-state index contributed by atoms with van der Waals surface area (Å²) in [6.45, 7) is 20.8. The number of benzene rings is 2. The van der Waals surface area contributed by atoms with Crippen molar-refractivity contribution in [3.63, 3.8) is 0 Å². The largest absolute Gasteiger partial charge is 0.492 e. The van der Waals surface area contributed by atoms with Crippen molar-refractivity contribution in [1.82, 2.24) is 19.4 Å². The Morgan fingerprint density at radius 1 is 0.585 bits per heavy atom. The van der Waals surface area contributed by atoms with E-state index in [0.717, 1.165) is 71.0 Å². The van der Waals surface area contributed by atoms with E-state index in [0.29, 0.717) is 122 Å². The molecule has 27 heteroatoms. The van der Waals surface area contributed by atoms with Crippen molar-refractivity contribution >= 4 is 68.3 Å². The molecule has 20 atom stereocenters. The van der Waals surface area contributed by atoms with Crippen molar-refractivity contribution in [3.8, 4) is 11.5 Å². The number of nitrogens with one attached hydrogen (secondary N) is 1. The summed E-state index contributed by atoms with van der Waals surface area (Å²) in [5, 5.41) is 79.8. The lowest BCUT2D eigenvalue weighted by atomic mass is 9.44. The van der Waals surface area contributed by atoms with Crippen LogP contribution in [0.1, 0.15) is 206 Å². The van der Waals surface area contributed by atoms with Gasteiger partial charge in [0.1, 0.15) is 40.3 Å². The number of carbonyl (C=O) groups is 6. The van der Waals surface area contributed by atoms with Crippen molar-refractivity contribution in [1.29, 1.82) is 0 Å². The fourth-order valence-electron chi connectivity index (χ4n) is 26.6. The number of rotatable bonds is 14. The van der Waals surface area contributed by atoms with Crippen LogP contribution in [0.2, 0.25) is 0 Å². The minimum absolute atomic E-state index is 0.0223. The number of carbonyl (C=O) groups excluding carboxylic acids is 4. The second kappa shape index (κ2) is 29.1. The molecule has 23 nitrogen and oxygen atoms in total. The van der Waals surface area contributed by atoms with Crippen LogP contribution in [-0.4, -0.2) is 198 Å². The number of anilines is 2. The third-order valence-electron chi connectivity index (χ3n) is 32.8. The monoisotopic (exact) mass is 1640 g/mol. The number of carboxylic acid groups (broad SMARTS) is 2. The standard InChI is InChI=1S/C46H57F2N3O8.C23H28FN3O4.C22H29FO5/c1-23-18-31-30-12-9-27-19-29(52)13-15-43(27,4)45(30,48)34(54)20-44(31,5)46(23,58)33(53)14-17-49-16-7-8-26-21-50(22-32(26)49)39-37(47)24(2)35-38(41(39)59-6)51(28-10-11-28)25(3)36(40(35)55)42(56)57;1-11-16-19(27(14-6-7-14)12(2)17(21(16)28)23(29)30)22(31-3)20(18(11)24)26-9-13-5-4-8-25-15(13)10-26;1-12-8-16-15-5-4-13-9-14(25)6-7-19(13,2)21(15,23)17(26)10-20(16,3)22(12,28)18(27)11-24/h13,15,19,23,26,28,30-32,34,54,58H,7-12,14,16-18,20-22H2,1-6H3,(H,56,57);13-15,25H,4-10H2,1-3H3,(H,29,30);6-7,9,12,15-17,24,26,28H,4-5,8,10-11H2,1-3H3/t23-,26?,30+,31+,32?,34+,43+,44+,45+,46+;;12-,15+,16+,17+,19+,20+,21+,22+/m1.1/s1. The normalized spacial score (nSPS) is 37.5. The van der Waals surface area contributed by atoms with E-state index in [-0.39, 0.29) is 117 Å². The van der Waals surface area contributed by atoms with Gasteiger partial charge in [-0.15, -0.1) is 0 Å². The Hall–Kier alpha value is -7.92. The zero-order valence-corrected chi connectivity index (χ0v) is 69.7. The first-order chi connectivity index (χ1) is 55.7. The zero-order valence-electron chi connectivity index (χ0n) is 69.7. The first kappa shape index (κ1) is 83.7. The van der Waals surface area contributed by atoms with Crippen LogP contribution in [0.3, 0.4) is 0 Å². The van der Waals surface area contributed by atoms with Crippen molar-refractivity contribution in [3.05, 3.63) is 113 Å². The number of aliphatic hydroxyl groups excluding tert-OH is 3. The minimum atomic E-state index is -2.05. The highest BCUT2D eigenvalue weighted by Crippen LogP contribution is 2.73. The number of carboxylic acids is 2. The Morgan fingerprint density at radius 3 is 1.44 bits per heavy atom. The second-order valence-corrected chi connectivity index (χ2v) is 38.3. The predicted octanol–water partition coefficient (Wildman–Crippen LogP) is 10.9. The van der Waals surface area contributed by atoms with Gasteiger partial charge < -0.3 is 69.5 Å². The first-order valence-corrected chi connectivity index (χ1v) is 42.7. The van der Waals surface area contributed by atoms with Crippen LogP contribution in [0.15, 0.2) is 57.2 Å². The quantitative estimate of drug-likeness (QED) is 0.0544. The first-order valence-electron chi connectivity index (χ1n) is 42.7. The van der Waals surface area contributed by atoms with E-state index in [2.05, 4.69) is 10.2 Å². The molecule has 0 bridgehead atoms. The molecule has 10 aliphatic carbocycles. The van der Waals surface area contributed by atoms with Gasteiger partial charge in [0.25, 0.3) is 0 Å². The van der Waals surface area contributed by atoms with Gasteiger partial charge in [0.2, 0.25) is 10.9 Å². The lowest BCUT2D eigenvalue weighted by molar-refractivity contribution is -0.219. The van der Waals surface area contributed by atoms with Crippen LogP contribution >= 0.6 is 0 Å². The Balaban J connectivity index is 0.000000147. The van der Waals surface area contributed by atoms with Crippen LogP contribution in [0, 0.1) is 108 Å². The molecule has 4 saturated heterocycles. The zero-order chi connectivity index (χ0) is 85.0. The summed E-state index contributed by atoms with van der Waals surface area (Å²) >= 11 is 0. The molecule has 4 aliphatic heterocycles. The summed E-state index contributed by atoms with van der Waals surface area (Å²) in [5.74, 6) is -6.60. The van der Waals surface area contributed by atoms with E-state index in [1.807, 2.05) is 32.8 Å². The number of aromatic nitrogens is 2. The Kier molecular flexibility index (Phi) is 20.7. The van der Waals surface area contributed by atoms with Gasteiger partial charge >= 0.3 is 11.9 Å². The molecular weight excluding hydrogens is 1530 g/mol. The topological polar surface area (TPSA) is 328 Å². The number of ether oxygens (including phenoxy) is 2. The number of aromatic carboxylic acids is 2. The number of halogens is 4. The molecule has 0 spiro atoms. The summed E-state index contributed by atoms with van der Waals surface area (Å²) in [7, 11) is 2.95. The highest BCUT2D eigenvalue weighted by atomic mass is 19.2. The van der Waals surface area contributed by atoms with Gasteiger partial charge in [-0.3, -0.25) is 33.7 Å². The van der Waals surface area contributed by atoms with Gasteiger partial charge in [0.15, 0.2) is 57.6 Å². The molecule has 8 N–H and O–H groups in total. The van der Waals surface area contributed by atoms with E-state index < -0.39 is 127 Å². The molecule has 2 aromatic carbocycles. The van der Waals surface area contributed by atoms with Gasteiger partial charge in [0.05, 0.1) is 48.2 Å². The molecule has 18 rings (SSSR count). The number of aryl methyl sites for hydroxylation is 2. The number of likely N-dealkylation sites (tertiary alicyclic amines) is 1. The third-order valence-corrected chi connectivity index (χ3v) is 32.8. The summed E-state index contributed by atoms with van der Waals surface area (Å²) in [6.07, 6.45) is 16.3. The highest BCUT2D eigenvalue weighted by molar-refractivity contribution is 6.04. The van der Waals surface area contributed by atoms with Gasteiger partial charge in [-0.2, -0.15) is 0 Å². The smallest absolute Gasteiger partial charge is 0.341 e. The lowest BCUT2D eigenvalue weighted by Gasteiger charge is -2.62. The third kappa shape index (κ3) is 11.7. The fraction of sp³-hybridized carbons (Fsp3) is 0.648. The van der Waals surface area contributed by atoms with Crippen LogP contribution in [0.25, 0.3) is 21.8 Å². The van der Waals surface area contributed by atoms with Gasteiger partial charge in [-0.1, -0.05) is 51.0 Å². The van der Waals surface area contributed by atoms with Gasteiger partial charge in [0, 0.05) is 119 Å². The average Bonchev–Trinajstić information content (AvgIpc) is 1.44. The summed E-state index contributed by atoms with van der Waals surface area (Å²) in [5.41, 5.74) is -9.95. The van der Waals surface area contributed by atoms with Gasteiger partial charge in [-0.05, 0) is 217 Å². The number of aliphatic hydroxyl groups is 5. The van der Waals surface area contributed by atoms with E-state index in [1.54, 1.807) is 60.6 Å². The number of pyridine rings is 2. The van der Waals surface area contributed by atoms with Crippen LogP contribution in [-0.2, 0) is 19.2 Å². The molecule has 2 aromatic heterocycles. The van der Waals surface area contributed by atoms with E-state index in [4.69, 9.17) is 9.47 Å². The maximum Gasteiger partial charge on any atom is 0.341 e. The number of Topliss-reactive ketones (excluding diaryl/α,β-unsaturated/α-hetero) is 2. The predicted molar refractivity (Wildman–Crippen MR) is 433 cm³/mol. The molecule has 0 amide bonds. The van der Waals surface area contributed by atoms with E-state index in [1.165, 1.54) is 45.4 Å². The van der Waals surface area contributed by atoms with Crippen LogP contribution < -0.4 is 35.4 Å². The van der Waals surface area contributed by atoms with Crippen molar-refractivity contribution in [2.45, 2.75) is 237 Å². The lowest BCUT2D eigenvalue weighted by Crippen LogP contribution is -2.69. The summed E-state index contributed by atoms with van der Waals surface area (Å²) in [4.78, 5) is 109. The number of methoxy groups -OCH3 is 2. The summed E-state index contributed by atoms with van der Waals surface area (Å²) < 4.78 is 82.7. The van der Waals surface area contributed by atoms with Crippen LogP contribution in [0.5, 0.6) is 11.5 Å². The Labute approximate surface area is 683 Å². The molecule has 4 unspecified atom stereocenters. The molecule has 6 heterocycles. The number of nitrogens with zero attached hydrogens (tertiary/aromatic N) is 5. The number of fused-ring (bicyclic) bond motifs is 14. The van der Waals surface area contributed by atoms with E-state index >= 15 is 17.6 Å². The maximum atomic E-state index is 17.7. The fourth-order valence-corrected chi connectivity index (χ4v) is 26.6. The number of alkyl halides is 2. The molecule has 8 saturated carbocycles. The second-order valence-electron chi connectivity index (χ2n) is 38.3. The Morgan fingerprint density at radius 2 is 1.02 bits per heavy atom. The van der Waals surface area contributed by atoms with Crippen molar-refractivity contribution in [2.24, 2.45) is 69.0 Å². The maximum absolute atomic E-state index is 17.7. The highest BCUT2D eigenvalue weighted by Gasteiger charge is 2.78. The molecule has 14 aliphatic rings. The number of allylic oxidation sites excluding steroid dienone is 8. The molecule has 4 aromatic rings. The Bertz CT molecular complexity index is 5210. The van der Waals surface area contributed by atoms with Crippen LogP contribution in [0.4, 0.5) is 28.9 Å². The number of hydrogen-bond donors (Lipinski definition) is 8.